The fourth-order valence-corrected chi connectivity index (χ4v) is 9.98. The number of hydrogen-bond acceptors (Lipinski definition) is 2. The zero-order chi connectivity index (χ0) is 23.5. The lowest BCUT2D eigenvalue weighted by Crippen LogP contribution is -2.59. The Morgan fingerprint density at radius 2 is 1.69 bits per heavy atom. The maximum Gasteiger partial charge on any atom is 0.0670 e. The highest BCUT2D eigenvalue weighted by molar-refractivity contribution is 5.93. The number of hydrogen-bond donors (Lipinski definition) is 1. The second-order valence-corrected chi connectivity index (χ2v) is 13.9. The van der Waals surface area contributed by atoms with E-state index in [-0.39, 0.29) is 10.8 Å². The molecule has 0 radical (unpaired) electrons. The predicted molar refractivity (Wildman–Crippen MR) is 136 cm³/mol. The Hall–Kier alpha value is -0.790. The van der Waals surface area contributed by atoms with Gasteiger partial charge < -0.3 is 5.21 Å². The fourth-order valence-electron chi connectivity index (χ4n) is 9.98. The molecule has 1 N–H and O–H groups in total. The van der Waals surface area contributed by atoms with Crippen LogP contribution in [0.25, 0.3) is 0 Å². The molecule has 0 aromatic rings. The van der Waals surface area contributed by atoms with E-state index < -0.39 is 0 Å². The van der Waals surface area contributed by atoms with Crippen LogP contribution in [0.15, 0.2) is 17.3 Å². The topological polar surface area (TPSA) is 32.6 Å². The third-order valence-corrected chi connectivity index (χ3v) is 11.8. The van der Waals surface area contributed by atoms with Gasteiger partial charge in [0, 0.05) is 11.8 Å². The number of fused-ring (bicyclic) bond motifs is 5. The summed E-state index contributed by atoms with van der Waals surface area (Å²) in [6, 6.07) is 0. The average molecular weight is 442 g/mol. The summed E-state index contributed by atoms with van der Waals surface area (Å²) in [7, 11) is 0. The Bertz CT molecular complexity index is 750. The first-order chi connectivity index (χ1) is 15.0. The van der Waals surface area contributed by atoms with E-state index in [1.807, 2.05) is 0 Å². The largest absolute Gasteiger partial charge is 0.411 e. The maximum atomic E-state index is 9.73. The molecule has 4 aliphatic carbocycles. The molecule has 8 atom stereocenters. The zero-order valence-corrected chi connectivity index (χ0v) is 22.2. The van der Waals surface area contributed by atoms with E-state index in [4.69, 9.17) is 0 Å². The quantitative estimate of drug-likeness (QED) is 0.258. The molecule has 0 amide bonds. The Kier molecular flexibility index (Phi) is 6.43. The first-order valence-electron chi connectivity index (χ1n) is 13.9. The predicted octanol–water partition coefficient (Wildman–Crippen LogP) is 8.74. The molecule has 0 heterocycles. The van der Waals surface area contributed by atoms with Gasteiger partial charge in [0.2, 0.25) is 0 Å². The highest BCUT2D eigenvalue weighted by atomic mass is 16.4. The van der Waals surface area contributed by atoms with E-state index in [0.29, 0.717) is 11.3 Å². The van der Waals surface area contributed by atoms with Crippen LogP contribution < -0.4 is 0 Å². The van der Waals surface area contributed by atoms with Crippen molar-refractivity contribution in [2.75, 3.05) is 0 Å². The molecular weight excluding hydrogens is 390 g/mol. The second-order valence-electron chi connectivity index (χ2n) is 13.9. The summed E-state index contributed by atoms with van der Waals surface area (Å²) >= 11 is 0. The van der Waals surface area contributed by atoms with E-state index in [1.165, 1.54) is 63.4 Å². The standard InChI is InChI=1S/C30H51NO/c1-19(2)10-9-11-20(3)23-13-14-24-22-12-15-26-28(5,6)27(31-32)18-21(4)30(26,8)25(22)16-17-29(23,24)7/h19-20,22-26,32H,4,9-18H2,1-3,5-8H3/b31-27+/t20-,22+,23-,24+,25+,26+,29-,30-/m1/s1. The van der Waals surface area contributed by atoms with Crippen molar-refractivity contribution in [3.05, 3.63) is 12.2 Å². The first kappa shape index (κ1) is 24.3. The van der Waals surface area contributed by atoms with Crippen LogP contribution in [-0.2, 0) is 0 Å². The Balaban J connectivity index is 1.55. The molecule has 0 aromatic carbocycles. The van der Waals surface area contributed by atoms with Crippen LogP contribution in [0.3, 0.4) is 0 Å². The molecule has 2 heteroatoms. The zero-order valence-electron chi connectivity index (χ0n) is 22.2. The van der Waals surface area contributed by atoms with Gasteiger partial charge in [-0.05, 0) is 90.8 Å². The molecule has 0 unspecified atom stereocenters. The van der Waals surface area contributed by atoms with Gasteiger partial charge >= 0.3 is 0 Å². The summed E-state index contributed by atoms with van der Waals surface area (Å²) in [4.78, 5) is 0. The minimum Gasteiger partial charge on any atom is -0.411 e. The summed E-state index contributed by atoms with van der Waals surface area (Å²) in [5.74, 6) is 5.72. The van der Waals surface area contributed by atoms with Gasteiger partial charge in [0.05, 0.1) is 5.71 Å². The third-order valence-electron chi connectivity index (χ3n) is 11.8. The minimum absolute atomic E-state index is 0.0282. The minimum atomic E-state index is -0.0282. The lowest BCUT2D eigenvalue weighted by atomic mass is 9.40. The fraction of sp³-hybridized carbons (Fsp3) is 0.900. The van der Waals surface area contributed by atoms with Gasteiger partial charge in [0.25, 0.3) is 0 Å². The van der Waals surface area contributed by atoms with Crippen molar-refractivity contribution in [1.29, 1.82) is 0 Å². The smallest absolute Gasteiger partial charge is 0.0670 e. The van der Waals surface area contributed by atoms with Crippen LogP contribution in [0.5, 0.6) is 0 Å². The lowest BCUT2D eigenvalue weighted by molar-refractivity contribution is -0.105. The monoisotopic (exact) mass is 441 g/mol. The average Bonchev–Trinajstić information content (AvgIpc) is 3.07. The summed E-state index contributed by atoms with van der Waals surface area (Å²) in [6.07, 6.45) is 13.3. The van der Waals surface area contributed by atoms with Crippen LogP contribution in [-0.4, -0.2) is 10.9 Å². The van der Waals surface area contributed by atoms with Gasteiger partial charge in [-0.3, -0.25) is 0 Å². The van der Waals surface area contributed by atoms with Crippen molar-refractivity contribution in [3.8, 4) is 0 Å². The van der Waals surface area contributed by atoms with Gasteiger partial charge in [0.15, 0.2) is 0 Å². The molecule has 0 aromatic heterocycles. The Morgan fingerprint density at radius 1 is 0.969 bits per heavy atom. The molecule has 182 valence electrons. The third kappa shape index (κ3) is 3.52. The molecule has 0 spiro atoms. The first-order valence-corrected chi connectivity index (χ1v) is 13.9. The molecule has 0 bridgehead atoms. The molecular formula is C30H51NO. The van der Waals surface area contributed by atoms with Crippen LogP contribution in [0.4, 0.5) is 0 Å². The molecule has 4 fully saturated rings. The maximum absolute atomic E-state index is 9.73. The van der Waals surface area contributed by atoms with E-state index in [0.717, 1.165) is 47.6 Å². The lowest BCUT2D eigenvalue weighted by Gasteiger charge is -2.64. The van der Waals surface area contributed by atoms with Gasteiger partial charge in [-0.2, -0.15) is 0 Å². The van der Waals surface area contributed by atoms with Crippen molar-refractivity contribution in [3.63, 3.8) is 0 Å². The van der Waals surface area contributed by atoms with Crippen LogP contribution >= 0.6 is 0 Å². The second kappa shape index (κ2) is 8.46. The number of nitrogens with zero attached hydrogens (tertiary/aromatic N) is 1. The normalized spacial score (nSPS) is 45.4. The van der Waals surface area contributed by atoms with Gasteiger partial charge in [-0.1, -0.05) is 85.0 Å². The Labute approximate surface area is 198 Å². The van der Waals surface area contributed by atoms with Crippen molar-refractivity contribution in [2.24, 2.45) is 62.8 Å². The van der Waals surface area contributed by atoms with Crippen LogP contribution in [0.2, 0.25) is 0 Å². The van der Waals surface area contributed by atoms with Crippen LogP contribution in [0, 0.1) is 57.7 Å². The van der Waals surface area contributed by atoms with Gasteiger partial charge in [0.1, 0.15) is 0 Å². The van der Waals surface area contributed by atoms with Crippen LogP contribution in [0.1, 0.15) is 113 Å². The number of rotatable bonds is 5. The highest BCUT2D eigenvalue weighted by Crippen LogP contribution is 2.70. The van der Waals surface area contributed by atoms with E-state index in [1.54, 1.807) is 0 Å². The molecule has 0 aliphatic heterocycles. The van der Waals surface area contributed by atoms with Crippen molar-refractivity contribution in [1.82, 2.24) is 0 Å². The summed E-state index contributed by atoms with van der Waals surface area (Å²) in [6.45, 7) is 21.8. The van der Waals surface area contributed by atoms with Gasteiger partial charge in [-0.25, -0.2) is 0 Å². The number of oxime groups is 1. The SMILES string of the molecule is C=C1C/C(=N\O)C(C)(C)[C@@H]2CC[C@H]3[C@@H]4CC[C@H]([C@H](C)CCCC(C)C)[C@@]4(C)CC[C@@H]3[C@@]12C. The summed E-state index contributed by atoms with van der Waals surface area (Å²) in [5.41, 5.74) is 3.03. The molecule has 32 heavy (non-hydrogen) atoms. The molecule has 4 aliphatic rings. The highest BCUT2D eigenvalue weighted by Gasteiger charge is 2.64. The molecule has 4 rings (SSSR count). The molecule has 4 saturated carbocycles. The van der Waals surface area contributed by atoms with Crippen molar-refractivity contribution >= 4 is 5.71 Å². The summed E-state index contributed by atoms with van der Waals surface area (Å²) < 4.78 is 0. The number of allylic oxidation sites excluding steroid dienone is 1. The van der Waals surface area contributed by atoms with Crippen molar-refractivity contribution in [2.45, 2.75) is 113 Å². The molecule has 2 nitrogen and oxygen atoms in total. The van der Waals surface area contributed by atoms with E-state index in [9.17, 15) is 5.21 Å². The van der Waals surface area contributed by atoms with Gasteiger partial charge in [-0.15, -0.1) is 0 Å². The van der Waals surface area contributed by atoms with E-state index >= 15 is 0 Å². The Morgan fingerprint density at radius 3 is 2.34 bits per heavy atom. The van der Waals surface area contributed by atoms with Crippen molar-refractivity contribution < 1.29 is 5.21 Å². The summed E-state index contributed by atoms with van der Waals surface area (Å²) in [5, 5.41) is 13.5. The molecule has 0 saturated heterocycles. The van der Waals surface area contributed by atoms with E-state index in [2.05, 4.69) is 60.2 Å².